The third kappa shape index (κ3) is 3.81. The highest BCUT2D eigenvalue weighted by molar-refractivity contribution is 7.89. The van der Waals surface area contributed by atoms with Gasteiger partial charge in [0.25, 0.3) is 5.69 Å². The number of para-hydroxylation sites is 1. The fourth-order valence-electron chi connectivity index (χ4n) is 3.42. The Morgan fingerprint density at radius 2 is 1.73 bits per heavy atom. The van der Waals surface area contributed by atoms with E-state index in [4.69, 9.17) is 4.42 Å². The van der Waals surface area contributed by atoms with Gasteiger partial charge in [0.1, 0.15) is 5.82 Å². The zero-order valence-corrected chi connectivity index (χ0v) is 16.5. The zero-order chi connectivity index (χ0) is 21.3. The average molecular weight is 432 g/mol. The molecule has 3 aromatic rings. The Labute approximate surface area is 171 Å². The Hall–Kier alpha value is -3.18. The van der Waals surface area contributed by atoms with Crippen LogP contribution in [0.15, 0.2) is 57.8 Å². The lowest BCUT2D eigenvalue weighted by atomic mass is 9.98. The van der Waals surface area contributed by atoms with Crippen LogP contribution >= 0.6 is 0 Å². The minimum Gasteiger partial charge on any atom is -0.420 e. The van der Waals surface area contributed by atoms with Crippen LogP contribution in [0, 0.1) is 15.9 Å². The van der Waals surface area contributed by atoms with Crippen LogP contribution in [-0.2, 0) is 10.0 Å². The summed E-state index contributed by atoms with van der Waals surface area (Å²) in [5.74, 6) is 0.145. The van der Waals surface area contributed by atoms with Crippen molar-refractivity contribution >= 4 is 15.7 Å². The molecule has 0 amide bonds. The molecule has 0 spiro atoms. The van der Waals surface area contributed by atoms with Gasteiger partial charge in [-0.15, -0.1) is 10.2 Å². The molecule has 0 saturated carbocycles. The van der Waals surface area contributed by atoms with E-state index in [1.165, 1.54) is 52.8 Å². The fourth-order valence-corrected chi connectivity index (χ4v) is 5.04. The summed E-state index contributed by atoms with van der Waals surface area (Å²) in [5, 5.41) is 19.2. The molecule has 1 aromatic heterocycles. The smallest absolute Gasteiger partial charge is 0.289 e. The zero-order valence-electron chi connectivity index (χ0n) is 15.6. The van der Waals surface area contributed by atoms with Crippen molar-refractivity contribution in [3.05, 3.63) is 70.4 Å². The molecule has 4 rings (SSSR count). The molecule has 1 saturated heterocycles. The summed E-state index contributed by atoms with van der Waals surface area (Å²) < 4.78 is 45.8. The Morgan fingerprint density at radius 3 is 2.40 bits per heavy atom. The van der Waals surface area contributed by atoms with Gasteiger partial charge < -0.3 is 4.42 Å². The minimum atomic E-state index is -4.00. The largest absolute Gasteiger partial charge is 0.420 e. The van der Waals surface area contributed by atoms with Gasteiger partial charge in [-0.1, -0.05) is 12.1 Å². The third-order valence-electron chi connectivity index (χ3n) is 5.01. The topological polar surface area (TPSA) is 119 Å². The van der Waals surface area contributed by atoms with Gasteiger partial charge in [-0.3, -0.25) is 10.1 Å². The predicted octanol–water partition coefficient (Wildman–Crippen LogP) is 3.35. The van der Waals surface area contributed by atoms with Crippen molar-refractivity contribution in [3.63, 3.8) is 0 Å². The molecule has 0 N–H and O–H groups in total. The molecule has 1 aliphatic heterocycles. The summed E-state index contributed by atoms with van der Waals surface area (Å²) in [4.78, 5) is 10.2. The standard InChI is InChI=1S/C19H17FN4O5S/c20-15-7-5-13(6-8-15)18-21-22-19(29-18)14-9-11-23(12-10-14)30(27,28)17-4-2-1-3-16(17)24(25)26/h1-8,14H,9-12H2. The first-order valence-electron chi connectivity index (χ1n) is 9.19. The highest BCUT2D eigenvalue weighted by Crippen LogP contribution is 2.33. The van der Waals surface area contributed by atoms with E-state index in [9.17, 15) is 22.9 Å². The van der Waals surface area contributed by atoms with Gasteiger partial charge >= 0.3 is 0 Å². The number of aromatic nitrogens is 2. The second-order valence-corrected chi connectivity index (χ2v) is 8.76. The molecule has 0 radical (unpaired) electrons. The van der Waals surface area contributed by atoms with Crippen molar-refractivity contribution < 1.29 is 22.1 Å². The predicted molar refractivity (Wildman–Crippen MR) is 104 cm³/mol. The van der Waals surface area contributed by atoms with Crippen molar-refractivity contribution in [3.8, 4) is 11.5 Å². The SMILES string of the molecule is O=[N+]([O-])c1ccccc1S(=O)(=O)N1CCC(c2nnc(-c3ccc(F)cc3)o2)CC1. The number of hydrogen-bond donors (Lipinski definition) is 0. The number of piperidine rings is 1. The molecule has 9 nitrogen and oxygen atoms in total. The van der Waals surface area contributed by atoms with E-state index in [1.807, 2.05) is 0 Å². The molecule has 0 bridgehead atoms. The summed E-state index contributed by atoms with van der Waals surface area (Å²) >= 11 is 0. The summed E-state index contributed by atoms with van der Waals surface area (Å²) in [7, 11) is -4.00. The molecular weight excluding hydrogens is 415 g/mol. The molecular formula is C19H17FN4O5S. The highest BCUT2D eigenvalue weighted by atomic mass is 32.2. The second-order valence-electron chi connectivity index (χ2n) is 6.86. The van der Waals surface area contributed by atoms with Crippen molar-refractivity contribution in [1.29, 1.82) is 0 Å². The Balaban J connectivity index is 1.48. The lowest BCUT2D eigenvalue weighted by Gasteiger charge is -2.29. The minimum absolute atomic E-state index is 0.135. The number of halogens is 1. The van der Waals surface area contributed by atoms with Gasteiger partial charge in [-0.2, -0.15) is 4.31 Å². The van der Waals surface area contributed by atoms with Gasteiger partial charge in [0.05, 0.1) is 4.92 Å². The van der Waals surface area contributed by atoms with Crippen LogP contribution < -0.4 is 0 Å². The van der Waals surface area contributed by atoms with E-state index in [-0.39, 0.29) is 35.6 Å². The second kappa shape index (κ2) is 7.92. The normalized spacial score (nSPS) is 15.9. The van der Waals surface area contributed by atoms with Gasteiger partial charge in [0.15, 0.2) is 4.90 Å². The number of nitrogens with zero attached hydrogens (tertiary/aromatic N) is 4. The van der Waals surface area contributed by atoms with Gasteiger partial charge in [-0.05, 0) is 43.2 Å². The monoisotopic (exact) mass is 432 g/mol. The van der Waals surface area contributed by atoms with E-state index < -0.39 is 20.6 Å². The van der Waals surface area contributed by atoms with Gasteiger partial charge in [-0.25, -0.2) is 12.8 Å². The Bertz CT molecular complexity index is 1170. The molecule has 30 heavy (non-hydrogen) atoms. The van der Waals surface area contributed by atoms with Crippen molar-refractivity contribution in [2.24, 2.45) is 0 Å². The van der Waals surface area contributed by atoms with Gasteiger partial charge in [0, 0.05) is 30.6 Å². The molecule has 11 heteroatoms. The van der Waals surface area contributed by atoms with E-state index in [0.717, 1.165) is 0 Å². The summed E-state index contributed by atoms with van der Waals surface area (Å²) in [6.07, 6.45) is 0.871. The Morgan fingerprint density at radius 1 is 1.07 bits per heavy atom. The van der Waals surface area contributed by atoms with Crippen LogP contribution in [0.4, 0.5) is 10.1 Å². The average Bonchev–Trinajstić information content (AvgIpc) is 3.24. The maximum atomic E-state index is 13.1. The summed E-state index contributed by atoms with van der Waals surface area (Å²) in [6.45, 7) is 0.348. The number of hydrogen-bond acceptors (Lipinski definition) is 7. The molecule has 0 aliphatic carbocycles. The summed E-state index contributed by atoms with van der Waals surface area (Å²) in [5.41, 5.74) is 0.145. The maximum absolute atomic E-state index is 13.1. The molecule has 1 aliphatic rings. The van der Waals surface area contributed by atoms with Crippen LogP contribution in [0.25, 0.3) is 11.5 Å². The van der Waals surface area contributed by atoms with Crippen LogP contribution in [0.5, 0.6) is 0 Å². The van der Waals surface area contributed by atoms with Crippen molar-refractivity contribution in [2.45, 2.75) is 23.7 Å². The lowest BCUT2D eigenvalue weighted by Crippen LogP contribution is -2.38. The fraction of sp³-hybridized carbons (Fsp3) is 0.263. The number of benzene rings is 2. The number of rotatable bonds is 5. The number of nitro groups is 1. The number of sulfonamides is 1. The quantitative estimate of drug-likeness (QED) is 0.448. The number of nitro benzene ring substituents is 1. The van der Waals surface area contributed by atoms with Crippen LogP contribution in [0.2, 0.25) is 0 Å². The Kier molecular flexibility index (Phi) is 5.31. The first-order chi connectivity index (χ1) is 14.4. The van der Waals surface area contributed by atoms with E-state index in [2.05, 4.69) is 10.2 Å². The van der Waals surface area contributed by atoms with Crippen molar-refractivity contribution in [2.75, 3.05) is 13.1 Å². The summed E-state index contributed by atoms with van der Waals surface area (Å²) in [6, 6.07) is 11.0. The van der Waals surface area contributed by atoms with Crippen LogP contribution in [-0.4, -0.2) is 40.9 Å². The molecule has 2 aromatic carbocycles. The molecule has 0 unspecified atom stereocenters. The molecule has 0 atom stereocenters. The van der Waals surface area contributed by atoms with Gasteiger partial charge in [0.2, 0.25) is 21.8 Å². The molecule has 2 heterocycles. The van der Waals surface area contributed by atoms with Crippen LogP contribution in [0.1, 0.15) is 24.7 Å². The van der Waals surface area contributed by atoms with E-state index in [0.29, 0.717) is 24.3 Å². The third-order valence-corrected chi connectivity index (χ3v) is 6.96. The van der Waals surface area contributed by atoms with E-state index >= 15 is 0 Å². The van der Waals surface area contributed by atoms with Crippen LogP contribution in [0.3, 0.4) is 0 Å². The first-order valence-corrected chi connectivity index (χ1v) is 10.6. The molecule has 1 fully saturated rings. The van der Waals surface area contributed by atoms with E-state index in [1.54, 1.807) is 0 Å². The highest BCUT2D eigenvalue weighted by Gasteiger charge is 2.35. The lowest BCUT2D eigenvalue weighted by molar-refractivity contribution is -0.387. The first kappa shape index (κ1) is 20.1. The van der Waals surface area contributed by atoms with Crippen molar-refractivity contribution in [1.82, 2.24) is 14.5 Å². The molecule has 156 valence electrons. The maximum Gasteiger partial charge on any atom is 0.289 e.